The molecule has 0 aliphatic rings. The van der Waals surface area contributed by atoms with Crippen molar-refractivity contribution in [2.45, 2.75) is 33.6 Å². The van der Waals surface area contributed by atoms with Gasteiger partial charge in [0.15, 0.2) is 0 Å². The first-order valence-corrected chi connectivity index (χ1v) is 10.7. The second-order valence-corrected chi connectivity index (χ2v) is 8.06. The van der Waals surface area contributed by atoms with Crippen LogP contribution in [0, 0.1) is 25.5 Å². The molecule has 164 valence electrons. The fraction of sp³-hybridized carbons (Fsp3) is 0.222. The summed E-state index contributed by atoms with van der Waals surface area (Å²) >= 11 is 0. The monoisotopic (exact) mass is 433 g/mol. The molecule has 5 heteroatoms. The number of amides is 1. The van der Waals surface area contributed by atoms with E-state index >= 15 is 0 Å². The smallest absolute Gasteiger partial charge is 0.255 e. The van der Waals surface area contributed by atoms with Gasteiger partial charge in [0, 0.05) is 18.0 Å². The van der Waals surface area contributed by atoms with Gasteiger partial charge >= 0.3 is 0 Å². The molecule has 4 aromatic rings. The highest BCUT2D eigenvalue weighted by Gasteiger charge is 2.23. The van der Waals surface area contributed by atoms with Crippen LogP contribution in [0.1, 0.15) is 40.4 Å². The summed E-state index contributed by atoms with van der Waals surface area (Å²) in [5, 5.41) is 3.35. The zero-order chi connectivity index (χ0) is 23.0. The minimum atomic E-state index is -0.360. The first-order chi connectivity index (χ1) is 15.3. The zero-order valence-corrected chi connectivity index (χ0v) is 18.6. The lowest BCUT2D eigenvalue weighted by atomic mass is 9.90. The van der Waals surface area contributed by atoms with Gasteiger partial charge in [-0.1, -0.05) is 13.3 Å². The van der Waals surface area contributed by atoms with Crippen molar-refractivity contribution in [3.05, 3.63) is 82.4 Å². The SMILES string of the molecule is CCCc1cc2oc(-c3ccc(F)cc3)c(C(=O)NC)c2cc1-c1cc(C)c(F)cc1C. The van der Waals surface area contributed by atoms with Crippen molar-refractivity contribution < 1.29 is 18.0 Å². The van der Waals surface area contributed by atoms with Gasteiger partial charge in [0.1, 0.15) is 23.0 Å². The third-order valence-corrected chi connectivity index (χ3v) is 5.79. The average Bonchev–Trinajstić information content (AvgIpc) is 3.14. The highest BCUT2D eigenvalue weighted by atomic mass is 19.1. The van der Waals surface area contributed by atoms with Crippen molar-refractivity contribution in [1.29, 1.82) is 0 Å². The molecule has 3 nitrogen and oxygen atoms in total. The minimum Gasteiger partial charge on any atom is -0.455 e. The number of carbonyl (C=O) groups is 1. The Morgan fingerprint density at radius 2 is 1.69 bits per heavy atom. The van der Waals surface area contributed by atoms with Crippen LogP contribution >= 0.6 is 0 Å². The number of carbonyl (C=O) groups excluding carboxylic acids is 1. The third-order valence-electron chi connectivity index (χ3n) is 5.79. The van der Waals surface area contributed by atoms with Gasteiger partial charge in [-0.2, -0.15) is 0 Å². The molecule has 0 bridgehead atoms. The van der Waals surface area contributed by atoms with Crippen molar-refractivity contribution in [3.8, 4) is 22.5 Å². The molecule has 1 heterocycles. The van der Waals surface area contributed by atoms with Crippen molar-refractivity contribution in [2.24, 2.45) is 0 Å². The van der Waals surface area contributed by atoms with Crippen LogP contribution in [0.2, 0.25) is 0 Å². The Bertz CT molecular complexity index is 1320. The molecule has 0 aliphatic carbocycles. The minimum absolute atomic E-state index is 0.239. The van der Waals surface area contributed by atoms with Crippen molar-refractivity contribution >= 4 is 16.9 Å². The largest absolute Gasteiger partial charge is 0.455 e. The third kappa shape index (κ3) is 3.79. The highest BCUT2D eigenvalue weighted by molar-refractivity contribution is 6.12. The summed E-state index contributed by atoms with van der Waals surface area (Å²) in [5.41, 5.74) is 5.96. The molecule has 0 saturated heterocycles. The number of rotatable bonds is 5. The summed E-state index contributed by atoms with van der Waals surface area (Å²) < 4.78 is 33.7. The predicted octanol–water partition coefficient (Wildman–Crippen LogP) is 6.97. The topological polar surface area (TPSA) is 42.2 Å². The first kappa shape index (κ1) is 21.8. The maximum atomic E-state index is 14.1. The summed E-state index contributed by atoms with van der Waals surface area (Å²) in [6.45, 7) is 5.73. The van der Waals surface area contributed by atoms with E-state index in [0.29, 0.717) is 33.4 Å². The van der Waals surface area contributed by atoms with Gasteiger partial charge in [-0.05, 0) is 96.6 Å². The van der Waals surface area contributed by atoms with E-state index in [2.05, 4.69) is 12.2 Å². The second kappa shape index (κ2) is 8.58. The summed E-state index contributed by atoms with van der Waals surface area (Å²) in [6, 6.07) is 13.2. The molecular formula is C27H25F2NO2. The van der Waals surface area contributed by atoms with E-state index in [1.165, 1.54) is 12.1 Å². The van der Waals surface area contributed by atoms with Gasteiger partial charge in [-0.25, -0.2) is 8.78 Å². The Kier molecular flexibility index (Phi) is 5.83. The molecule has 0 aliphatic heterocycles. The van der Waals surface area contributed by atoms with Crippen molar-refractivity contribution in [1.82, 2.24) is 5.32 Å². The molecule has 1 amide bonds. The van der Waals surface area contributed by atoms with Gasteiger partial charge in [-0.15, -0.1) is 0 Å². The number of fused-ring (bicyclic) bond motifs is 1. The van der Waals surface area contributed by atoms with E-state index in [1.807, 2.05) is 25.1 Å². The van der Waals surface area contributed by atoms with Crippen LogP contribution in [0.5, 0.6) is 0 Å². The van der Waals surface area contributed by atoms with E-state index in [0.717, 1.165) is 35.1 Å². The van der Waals surface area contributed by atoms with Crippen molar-refractivity contribution in [2.75, 3.05) is 7.05 Å². The van der Waals surface area contributed by atoms with Gasteiger partial charge < -0.3 is 9.73 Å². The van der Waals surface area contributed by atoms with E-state index in [4.69, 9.17) is 4.42 Å². The van der Waals surface area contributed by atoms with Crippen LogP contribution in [0.15, 0.2) is 52.9 Å². The molecule has 0 atom stereocenters. The summed E-state index contributed by atoms with van der Waals surface area (Å²) in [7, 11) is 1.56. The number of aryl methyl sites for hydroxylation is 3. The Morgan fingerprint density at radius 1 is 0.969 bits per heavy atom. The number of benzene rings is 3. The summed E-state index contributed by atoms with van der Waals surface area (Å²) in [4.78, 5) is 12.9. The maximum absolute atomic E-state index is 14.1. The quantitative estimate of drug-likeness (QED) is 0.369. The summed E-state index contributed by atoms with van der Waals surface area (Å²) in [6.07, 6.45) is 1.73. The number of hydrogen-bond donors (Lipinski definition) is 1. The number of hydrogen-bond acceptors (Lipinski definition) is 2. The molecule has 1 N–H and O–H groups in total. The molecule has 0 saturated carbocycles. The van der Waals surface area contributed by atoms with Gasteiger partial charge in [-0.3, -0.25) is 4.79 Å². The van der Waals surface area contributed by atoms with E-state index in [1.54, 1.807) is 32.2 Å². The Balaban J connectivity index is 2.04. The van der Waals surface area contributed by atoms with E-state index < -0.39 is 0 Å². The lowest BCUT2D eigenvalue weighted by molar-refractivity contribution is 0.0964. The normalized spacial score (nSPS) is 11.2. The Labute approximate surface area is 186 Å². The van der Waals surface area contributed by atoms with Crippen LogP contribution < -0.4 is 5.32 Å². The van der Waals surface area contributed by atoms with E-state index in [9.17, 15) is 13.6 Å². The molecule has 0 fully saturated rings. The van der Waals surface area contributed by atoms with Gasteiger partial charge in [0.2, 0.25) is 0 Å². The molecule has 4 rings (SSSR count). The second-order valence-electron chi connectivity index (χ2n) is 8.06. The summed E-state index contributed by atoms with van der Waals surface area (Å²) in [5.74, 6) is -0.492. The molecule has 0 spiro atoms. The lowest BCUT2D eigenvalue weighted by Gasteiger charge is -2.14. The van der Waals surface area contributed by atoms with Gasteiger partial charge in [0.05, 0.1) is 5.56 Å². The molecular weight excluding hydrogens is 408 g/mol. The number of halogens is 2. The lowest BCUT2D eigenvalue weighted by Crippen LogP contribution is -2.18. The van der Waals surface area contributed by atoms with E-state index in [-0.39, 0.29) is 17.5 Å². The zero-order valence-electron chi connectivity index (χ0n) is 18.6. The molecule has 32 heavy (non-hydrogen) atoms. The predicted molar refractivity (Wildman–Crippen MR) is 124 cm³/mol. The van der Waals surface area contributed by atoms with Crippen molar-refractivity contribution in [3.63, 3.8) is 0 Å². The fourth-order valence-corrected chi connectivity index (χ4v) is 4.14. The van der Waals surface area contributed by atoms with Crippen LogP contribution in [-0.2, 0) is 6.42 Å². The molecule has 1 aromatic heterocycles. The highest BCUT2D eigenvalue weighted by Crippen LogP contribution is 2.39. The van der Waals surface area contributed by atoms with Gasteiger partial charge in [0.25, 0.3) is 5.91 Å². The maximum Gasteiger partial charge on any atom is 0.255 e. The molecule has 0 unspecified atom stereocenters. The molecule has 3 aromatic carbocycles. The fourth-order valence-electron chi connectivity index (χ4n) is 4.14. The first-order valence-electron chi connectivity index (χ1n) is 10.7. The number of furan rings is 1. The average molecular weight is 433 g/mol. The van der Waals surface area contributed by atoms with Crippen LogP contribution in [-0.4, -0.2) is 13.0 Å². The number of nitrogens with one attached hydrogen (secondary N) is 1. The van der Waals surface area contributed by atoms with Crippen LogP contribution in [0.3, 0.4) is 0 Å². The molecule has 0 radical (unpaired) electrons. The Morgan fingerprint density at radius 3 is 2.34 bits per heavy atom. The van der Waals surface area contributed by atoms with Crippen LogP contribution in [0.4, 0.5) is 8.78 Å². The van der Waals surface area contributed by atoms with Crippen LogP contribution in [0.25, 0.3) is 33.4 Å². The standard InChI is InChI=1S/C27H25F2NO2/c1-5-6-18-13-24-22(14-21(18)20-11-16(3)23(29)12-15(20)2)25(27(31)30-4)26(32-24)17-7-9-19(28)10-8-17/h7-14H,5-6H2,1-4H3,(H,30,31). The Hall–Kier alpha value is -3.47.